The third-order valence-corrected chi connectivity index (χ3v) is 4.32. The number of nitrogens with one attached hydrogen (secondary N) is 1. The molecule has 1 heterocycles. The lowest BCUT2D eigenvalue weighted by Gasteiger charge is -2.21. The van der Waals surface area contributed by atoms with Crippen molar-refractivity contribution in [1.29, 1.82) is 0 Å². The summed E-state index contributed by atoms with van der Waals surface area (Å²) in [5, 5.41) is 1.40. The van der Waals surface area contributed by atoms with Gasteiger partial charge in [-0.05, 0) is 43.7 Å². The van der Waals surface area contributed by atoms with E-state index in [-0.39, 0.29) is 0 Å². The predicted octanol–water partition coefficient (Wildman–Crippen LogP) is 5.55. The van der Waals surface area contributed by atoms with Crippen molar-refractivity contribution in [2.24, 2.45) is 0 Å². The van der Waals surface area contributed by atoms with E-state index in [0.717, 1.165) is 0 Å². The number of aromatic amines is 1. The van der Waals surface area contributed by atoms with Gasteiger partial charge in [-0.25, -0.2) is 0 Å². The maximum absolute atomic E-state index is 3.41. The first-order valence-corrected chi connectivity index (χ1v) is 7.64. The van der Waals surface area contributed by atoms with Gasteiger partial charge < -0.3 is 4.98 Å². The smallest absolute Gasteiger partial charge is 0.0457 e. The molecule has 1 aliphatic rings. The third-order valence-electron chi connectivity index (χ3n) is 4.32. The summed E-state index contributed by atoms with van der Waals surface area (Å²) in [6.07, 6.45) is 12.7. The molecule has 0 amide bonds. The van der Waals surface area contributed by atoms with E-state index < -0.39 is 0 Å². The quantitative estimate of drug-likeness (QED) is 0.687. The highest BCUT2D eigenvalue weighted by molar-refractivity contribution is 5.83. The summed E-state index contributed by atoms with van der Waals surface area (Å²) in [6.45, 7) is 2.28. The number of unbranched alkanes of at least 4 members (excludes halogenated alkanes) is 1. The largest absolute Gasteiger partial charge is 0.361 e. The second-order valence-corrected chi connectivity index (χ2v) is 5.72. The van der Waals surface area contributed by atoms with E-state index in [0.29, 0.717) is 5.92 Å². The Morgan fingerprint density at radius 3 is 3.05 bits per heavy atom. The van der Waals surface area contributed by atoms with Gasteiger partial charge in [-0.3, -0.25) is 0 Å². The van der Waals surface area contributed by atoms with E-state index in [9.17, 15) is 0 Å². The fourth-order valence-electron chi connectivity index (χ4n) is 3.26. The van der Waals surface area contributed by atoms with Gasteiger partial charge in [0, 0.05) is 23.0 Å². The molecule has 1 aromatic carbocycles. The zero-order valence-corrected chi connectivity index (χ0v) is 11.8. The summed E-state index contributed by atoms with van der Waals surface area (Å²) in [5.41, 5.74) is 4.44. The van der Waals surface area contributed by atoms with Crippen LogP contribution in [0.25, 0.3) is 10.9 Å². The van der Waals surface area contributed by atoms with Gasteiger partial charge in [-0.2, -0.15) is 0 Å². The number of allylic oxidation sites excluding steroid dienone is 2. The number of aromatic nitrogens is 1. The molecule has 1 heteroatoms. The molecule has 0 fully saturated rings. The van der Waals surface area contributed by atoms with Crippen LogP contribution in [0.2, 0.25) is 0 Å². The van der Waals surface area contributed by atoms with Gasteiger partial charge in [0.05, 0.1) is 0 Å². The summed E-state index contributed by atoms with van der Waals surface area (Å²) >= 11 is 0. The van der Waals surface area contributed by atoms with Gasteiger partial charge in [-0.1, -0.05) is 43.2 Å². The number of hydrogen-bond acceptors (Lipinski definition) is 0. The van der Waals surface area contributed by atoms with Crippen molar-refractivity contribution in [2.45, 2.75) is 51.4 Å². The average molecular weight is 253 g/mol. The van der Waals surface area contributed by atoms with Crippen molar-refractivity contribution in [3.8, 4) is 0 Å². The molecule has 1 atom stereocenters. The molecule has 100 valence electrons. The highest BCUT2D eigenvalue weighted by Crippen LogP contribution is 2.36. The molecular formula is C18H23N. The monoisotopic (exact) mass is 253 g/mol. The minimum atomic E-state index is 0.622. The highest BCUT2D eigenvalue weighted by Gasteiger charge is 2.18. The molecule has 0 bridgehead atoms. The first kappa shape index (κ1) is 12.5. The maximum atomic E-state index is 3.41. The van der Waals surface area contributed by atoms with Crippen LogP contribution in [0.5, 0.6) is 0 Å². The van der Waals surface area contributed by atoms with Crippen LogP contribution in [0.15, 0.2) is 42.1 Å². The van der Waals surface area contributed by atoms with E-state index in [1.807, 2.05) is 0 Å². The standard InChI is InChI=1S/C18H23N/c1-2-3-7-14-8-6-9-15(12-14)17-13-19-18-11-5-4-10-16(17)18/h4-5,10-13,15,19H,2-3,6-9H2,1H3. The predicted molar refractivity (Wildman–Crippen MR) is 82.5 cm³/mol. The van der Waals surface area contributed by atoms with Crippen LogP contribution in [0, 0.1) is 0 Å². The van der Waals surface area contributed by atoms with E-state index in [1.54, 1.807) is 5.57 Å². The number of fused-ring (bicyclic) bond motifs is 1. The van der Waals surface area contributed by atoms with Crippen LogP contribution in [0.4, 0.5) is 0 Å². The number of benzene rings is 1. The summed E-state index contributed by atoms with van der Waals surface area (Å²) < 4.78 is 0. The first-order chi connectivity index (χ1) is 9.38. The molecule has 1 aliphatic carbocycles. The fourth-order valence-corrected chi connectivity index (χ4v) is 3.26. The Kier molecular flexibility index (Phi) is 3.72. The van der Waals surface area contributed by atoms with Gasteiger partial charge in [0.1, 0.15) is 0 Å². The highest BCUT2D eigenvalue weighted by atomic mass is 14.7. The van der Waals surface area contributed by atoms with Crippen LogP contribution >= 0.6 is 0 Å². The molecule has 0 aliphatic heterocycles. The summed E-state index contributed by atoms with van der Waals surface area (Å²) in [4.78, 5) is 3.41. The number of H-pyrrole nitrogens is 1. The minimum Gasteiger partial charge on any atom is -0.361 e. The Morgan fingerprint density at radius 2 is 2.16 bits per heavy atom. The average Bonchev–Trinajstić information content (AvgIpc) is 2.89. The van der Waals surface area contributed by atoms with E-state index in [4.69, 9.17) is 0 Å². The molecule has 1 nitrogen and oxygen atoms in total. The van der Waals surface area contributed by atoms with Crippen LogP contribution in [0.3, 0.4) is 0 Å². The summed E-state index contributed by atoms with van der Waals surface area (Å²) in [5.74, 6) is 0.622. The Balaban J connectivity index is 1.88. The van der Waals surface area contributed by atoms with Crippen LogP contribution in [-0.4, -0.2) is 4.98 Å². The van der Waals surface area contributed by atoms with Crippen molar-refractivity contribution in [2.75, 3.05) is 0 Å². The van der Waals surface area contributed by atoms with Gasteiger partial charge in [0.2, 0.25) is 0 Å². The maximum Gasteiger partial charge on any atom is 0.0457 e. The molecule has 1 unspecified atom stereocenters. The molecule has 0 spiro atoms. The van der Waals surface area contributed by atoms with Gasteiger partial charge >= 0.3 is 0 Å². The lowest BCUT2D eigenvalue weighted by molar-refractivity contribution is 0.608. The van der Waals surface area contributed by atoms with Crippen LogP contribution in [-0.2, 0) is 0 Å². The normalized spacial score (nSPS) is 19.6. The molecular weight excluding hydrogens is 230 g/mol. The second-order valence-electron chi connectivity index (χ2n) is 5.72. The number of rotatable bonds is 4. The molecule has 2 aromatic rings. The lowest BCUT2D eigenvalue weighted by atomic mass is 9.84. The molecule has 1 N–H and O–H groups in total. The molecule has 3 rings (SSSR count). The Hall–Kier alpha value is -1.50. The second kappa shape index (κ2) is 5.64. The van der Waals surface area contributed by atoms with E-state index in [2.05, 4.69) is 48.4 Å². The topological polar surface area (TPSA) is 15.8 Å². The van der Waals surface area contributed by atoms with Crippen molar-refractivity contribution >= 4 is 10.9 Å². The molecule has 0 saturated carbocycles. The van der Waals surface area contributed by atoms with E-state index >= 15 is 0 Å². The molecule has 0 radical (unpaired) electrons. The SMILES string of the molecule is CCCCC1=CC(c2c[nH]c3ccccc23)CCC1. The number of para-hydroxylation sites is 1. The first-order valence-electron chi connectivity index (χ1n) is 7.64. The Morgan fingerprint density at radius 1 is 1.26 bits per heavy atom. The molecule has 0 saturated heterocycles. The van der Waals surface area contributed by atoms with Gasteiger partial charge in [0.15, 0.2) is 0 Å². The zero-order valence-electron chi connectivity index (χ0n) is 11.8. The van der Waals surface area contributed by atoms with Crippen molar-refractivity contribution in [1.82, 2.24) is 4.98 Å². The summed E-state index contributed by atoms with van der Waals surface area (Å²) in [7, 11) is 0. The van der Waals surface area contributed by atoms with Crippen LogP contribution < -0.4 is 0 Å². The van der Waals surface area contributed by atoms with Crippen molar-refractivity contribution < 1.29 is 0 Å². The number of hydrogen-bond donors (Lipinski definition) is 1. The Labute approximate surface area is 115 Å². The van der Waals surface area contributed by atoms with E-state index in [1.165, 1.54) is 55.0 Å². The van der Waals surface area contributed by atoms with Gasteiger partial charge in [-0.15, -0.1) is 0 Å². The molecule has 19 heavy (non-hydrogen) atoms. The van der Waals surface area contributed by atoms with Gasteiger partial charge in [0.25, 0.3) is 0 Å². The third kappa shape index (κ3) is 2.60. The summed E-state index contributed by atoms with van der Waals surface area (Å²) in [6, 6.07) is 8.66. The Bertz CT molecular complexity index is 576. The minimum absolute atomic E-state index is 0.622. The fraction of sp³-hybridized carbons (Fsp3) is 0.444. The lowest BCUT2D eigenvalue weighted by Crippen LogP contribution is -2.03. The van der Waals surface area contributed by atoms with Crippen LogP contribution in [0.1, 0.15) is 56.9 Å². The zero-order chi connectivity index (χ0) is 13.1. The molecule has 1 aromatic heterocycles. The van der Waals surface area contributed by atoms with Crippen molar-refractivity contribution in [3.63, 3.8) is 0 Å². The van der Waals surface area contributed by atoms with Crippen molar-refractivity contribution in [3.05, 3.63) is 47.7 Å².